The number of hydrogen-bond donors (Lipinski definition) is 1. The number of rotatable bonds is 5. The molecule has 0 aromatic heterocycles. The van der Waals surface area contributed by atoms with Crippen LogP contribution in [0.1, 0.15) is 13.3 Å². The number of benzene rings is 1. The Hall–Kier alpha value is -1.08. The van der Waals surface area contributed by atoms with Crippen LogP contribution >= 0.6 is 0 Å². The molecule has 0 unspecified atom stereocenters. The topological polar surface area (TPSA) is 80.3 Å². The number of sulfonamides is 1. The highest BCUT2D eigenvalue weighted by atomic mass is 32.2. The number of hydrogen-bond acceptors (Lipinski definition) is 4. The molecular weight excluding hydrogens is 262 g/mol. The average molecular weight is 277 g/mol. The maximum absolute atomic E-state index is 11.6. The fraction of sp³-hybridized carbons (Fsp3) is 0.400. The van der Waals surface area contributed by atoms with E-state index in [1.54, 1.807) is 19.1 Å². The monoisotopic (exact) mass is 277 g/mol. The molecule has 0 bridgehead atoms. The van der Waals surface area contributed by atoms with Gasteiger partial charge in [0.05, 0.1) is 16.3 Å². The highest BCUT2D eigenvalue weighted by molar-refractivity contribution is 7.93. The van der Waals surface area contributed by atoms with Crippen LogP contribution in [-0.4, -0.2) is 28.8 Å². The maximum atomic E-state index is 11.6. The molecule has 17 heavy (non-hydrogen) atoms. The Bertz CT molecular complexity index is 590. The summed E-state index contributed by atoms with van der Waals surface area (Å²) < 4.78 is 48.4. The van der Waals surface area contributed by atoms with Crippen molar-refractivity contribution in [3.8, 4) is 0 Å². The Morgan fingerprint density at radius 2 is 1.71 bits per heavy atom. The van der Waals surface area contributed by atoms with Crippen LogP contribution in [-0.2, 0) is 19.9 Å². The lowest BCUT2D eigenvalue weighted by molar-refractivity contribution is 0.599. The summed E-state index contributed by atoms with van der Waals surface area (Å²) >= 11 is 0. The normalized spacial score (nSPS) is 12.4. The van der Waals surface area contributed by atoms with E-state index in [0.717, 1.165) is 6.26 Å². The minimum absolute atomic E-state index is 0.0142. The predicted molar refractivity (Wildman–Crippen MR) is 67.3 cm³/mol. The molecule has 1 N–H and O–H groups in total. The molecule has 0 aliphatic heterocycles. The van der Waals surface area contributed by atoms with Crippen LogP contribution in [0.4, 0.5) is 5.69 Å². The van der Waals surface area contributed by atoms with E-state index in [-0.39, 0.29) is 16.3 Å². The number of para-hydroxylation sites is 1. The van der Waals surface area contributed by atoms with Gasteiger partial charge in [-0.25, -0.2) is 16.8 Å². The van der Waals surface area contributed by atoms with Crippen molar-refractivity contribution in [2.24, 2.45) is 0 Å². The van der Waals surface area contributed by atoms with Crippen LogP contribution in [0, 0.1) is 0 Å². The lowest BCUT2D eigenvalue weighted by atomic mass is 10.3. The molecule has 0 heterocycles. The molecule has 0 spiro atoms. The molecule has 0 radical (unpaired) electrons. The van der Waals surface area contributed by atoms with E-state index in [0.29, 0.717) is 6.42 Å². The highest BCUT2D eigenvalue weighted by Crippen LogP contribution is 2.21. The van der Waals surface area contributed by atoms with Gasteiger partial charge in [-0.2, -0.15) is 0 Å². The molecule has 96 valence electrons. The second-order valence-electron chi connectivity index (χ2n) is 3.69. The largest absolute Gasteiger partial charge is 0.282 e. The molecule has 0 aliphatic carbocycles. The van der Waals surface area contributed by atoms with E-state index in [4.69, 9.17) is 0 Å². The van der Waals surface area contributed by atoms with Gasteiger partial charge in [-0.15, -0.1) is 0 Å². The van der Waals surface area contributed by atoms with Crippen molar-refractivity contribution in [2.45, 2.75) is 18.2 Å². The predicted octanol–water partition coefficient (Wildman–Crippen LogP) is 1.24. The van der Waals surface area contributed by atoms with E-state index in [9.17, 15) is 16.8 Å². The molecular formula is C10H15NO4S2. The first-order chi connectivity index (χ1) is 7.76. The Labute approximate surface area is 102 Å². The maximum Gasteiger partial charge on any atom is 0.232 e. The van der Waals surface area contributed by atoms with E-state index < -0.39 is 19.9 Å². The summed E-state index contributed by atoms with van der Waals surface area (Å²) in [5.74, 6) is -0.0366. The molecule has 0 amide bonds. The molecule has 0 aliphatic rings. The van der Waals surface area contributed by atoms with E-state index >= 15 is 0 Å². The quantitative estimate of drug-likeness (QED) is 0.878. The van der Waals surface area contributed by atoms with E-state index in [2.05, 4.69) is 4.72 Å². The van der Waals surface area contributed by atoms with Gasteiger partial charge in [0.2, 0.25) is 10.0 Å². The van der Waals surface area contributed by atoms with Gasteiger partial charge in [-0.3, -0.25) is 4.72 Å². The Morgan fingerprint density at radius 1 is 1.12 bits per heavy atom. The molecule has 5 nitrogen and oxygen atoms in total. The molecule has 0 saturated carbocycles. The van der Waals surface area contributed by atoms with Crippen molar-refractivity contribution in [3.05, 3.63) is 24.3 Å². The SMILES string of the molecule is CCCS(=O)(=O)Nc1ccccc1S(C)(=O)=O. The number of nitrogens with one attached hydrogen (secondary N) is 1. The first kappa shape index (κ1) is 14.0. The smallest absolute Gasteiger partial charge is 0.232 e. The third-order valence-corrected chi connectivity index (χ3v) is 4.66. The van der Waals surface area contributed by atoms with Crippen molar-refractivity contribution < 1.29 is 16.8 Å². The second kappa shape index (κ2) is 5.05. The minimum atomic E-state index is -3.48. The number of anilines is 1. The second-order valence-corrected chi connectivity index (χ2v) is 7.52. The molecule has 1 aromatic carbocycles. The molecule has 0 fully saturated rings. The fourth-order valence-corrected chi connectivity index (χ4v) is 3.42. The third-order valence-electron chi connectivity index (χ3n) is 2.02. The van der Waals surface area contributed by atoms with Gasteiger partial charge in [-0.1, -0.05) is 19.1 Å². The highest BCUT2D eigenvalue weighted by Gasteiger charge is 2.16. The van der Waals surface area contributed by atoms with Gasteiger partial charge in [0.25, 0.3) is 0 Å². The van der Waals surface area contributed by atoms with Gasteiger partial charge in [0, 0.05) is 6.26 Å². The molecule has 1 rings (SSSR count). The Balaban J connectivity index is 3.17. The van der Waals surface area contributed by atoms with Crippen LogP contribution < -0.4 is 4.72 Å². The summed E-state index contributed by atoms with van der Waals surface area (Å²) in [6.45, 7) is 1.74. The van der Waals surface area contributed by atoms with Crippen LogP contribution in [0.15, 0.2) is 29.2 Å². The van der Waals surface area contributed by atoms with Crippen molar-refractivity contribution >= 4 is 25.5 Å². The zero-order valence-electron chi connectivity index (χ0n) is 9.67. The van der Waals surface area contributed by atoms with Gasteiger partial charge >= 0.3 is 0 Å². The minimum Gasteiger partial charge on any atom is -0.282 e. The van der Waals surface area contributed by atoms with Crippen LogP contribution in [0.2, 0.25) is 0 Å². The van der Waals surface area contributed by atoms with Crippen molar-refractivity contribution in [3.63, 3.8) is 0 Å². The van der Waals surface area contributed by atoms with Crippen LogP contribution in [0.3, 0.4) is 0 Å². The van der Waals surface area contributed by atoms with Crippen molar-refractivity contribution in [1.29, 1.82) is 0 Å². The zero-order valence-corrected chi connectivity index (χ0v) is 11.3. The molecule has 7 heteroatoms. The summed E-state index contributed by atoms with van der Waals surface area (Å²) in [7, 11) is -6.93. The standard InChI is InChI=1S/C10H15NO4S2/c1-3-8-17(14,15)11-9-6-4-5-7-10(9)16(2,12)13/h4-7,11H,3,8H2,1-2H3. The van der Waals surface area contributed by atoms with Gasteiger partial charge < -0.3 is 0 Å². The Morgan fingerprint density at radius 3 is 2.24 bits per heavy atom. The van der Waals surface area contributed by atoms with Crippen molar-refractivity contribution in [1.82, 2.24) is 0 Å². The first-order valence-electron chi connectivity index (χ1n) is 5.06. The Kier molecular flexibility index (Phi) is 4.16. The summed E-state index contributed by atoms with van der Waals surface area (Å²) in [4.78, 5) is -0.0142. The number of sulfone groups is 1. The van der Waals surface area contributed by atoms with Gasteiger partial charge in [-0.05, 0) is 18.6 Å². The summed E-state index contributed by atoms with van der Waals surface area (Å²) in [5, 5.41) is 0. The summed E-state index contributed by atoms with van der Waals surface area (Å²) in [6.07, 6.45) is 1.51. The van der Waals surface area contributed by atoms with Crippen molar-refractivity contribution in [2.75, 3.05) is 16.7 Å². The lowest BCUT2D eigenvalue weighted by Gasteiger charge is -2.10. The lowest BCUT2D eigenvalue weighted by Crippen LogP contribution is -2.17. The van der Waals surface area contributed by atoms with E-state index in [1.165, 1.54) is 12.1 Å². The molecule has 0 saturated heterocycles. The summed E-state index contributed by atoms with van der Waals surface area (Å²) in [6, 6.07) is 5.94. The summed E-state index contributed by atoms with van der Waals surface area (Å²) in [5.41, 5.74) is 0.100. The fourth-order valence-electron chi connectivity index (χ4n) is 1.36. The average Bonchev–Trinajstić information content (AvgIpc) is 2.15. The first-order valence-corrected chi connectivity index (χ1v) is 8.60. The van der Waals surface area contributed by atoms with Crippen LogP contribution in [0.25, 0.3) is 0 Å². The molecule has 0 atom stereocenters. The zero-order chi connectivity index (χ0) is 13.1. The van der Waals surface area contributed by atoms with Gasteiger partial charge in [0.15, 0.2) is 9.84 Å². The third kappa shape index (κ3) is 4.01. The van der Waals surface area contributed by atoms with E-state index in [1.807, 2.05) is 0 Å². The van der Waals surface area contributed by atoms with Gasteiger partial charge in [0.1, 0.15) is 0 Å². The molecule has 1 aromatic rings. The van der Waals surface area contributed by atoms with Crippen LogP contribution in [0.5, 0.6) is 0 Å².